The molecule has 0 radical (unpaired) electrons. The zero-order valence-corrected chi connectivity index (χ0v) is 10.6. The van der Waals surface area contributed by atoms with Gasteiger partial charge in [0.15, 0.2) is 0 Å². The molecule has 1 saturated heterocycles. The van der Waals surface area contributed by atoms with Gasteiger partial charge in [0.25, 0.3) is 0 Å². The summed E-state index contributed by atoms with van der Waals surface area (Å²) in [5.74, 6) is 0. The topological polar surface area (TPSA) is 6.48 Å². The molecule has 0 aromatic carbocycles. The summed E-state index contributed by atoms with van der Waals surface area (Å²) in [5.41, 5.74) is 0. The van der Waals surface area contributed by atoms with E-state index in [1.54, 1.807) is 0 Å². The van der Waals surface area contributed by atoms with Gasteiger partial charge in [0.2, 0.25) is 0 Å². The van der Waals surface area contributed by atoms with Gasteiger partial charge in [-0.2, -0.15) is 0 Å². The molecular formula is C10H25N2P. The lowest BCUT2D eigenvalue weighted by Gasteiger charge is -2.33. The van der Waals surface area contributed by atoms with Crippen LogP contribution in [-0.2, 0) is 0 Å². The molecule has 3 heteroatoms. The second-order valence-electron chi connectivity index (χ2n) is 3.06. The zero-order valence-electron chi connectivity index (χ0n) is 9.42. The van der Waals surface area contributed by atoms with E-state index in [2.05, 4.69) is 26.0 Å². The van der Waals surface area contributed by atoms with Crippen LogP contribution in [-0.4, -0.2) is 55.2 Å². The quantitative estimate of drug-likeness (QED) is 0.643. The Balaban J connectivity index is 0.000000671. The molecule has 0 aliphatic carbocycles. The molecule has 1 heterocycles. The maximum atomic E-state index is 2.79. The van der Waals surface area contributed by atoms with E-state index >= 15 is 0 Å². The van der Waals surface area contributed by atoms with Gasteiger partial charge >= 0.3 is 0 Å². The molecule has 0 spiro atoms. The Bertz CT molecular complexity index is 101. The number of nitrogens with zero attached hydrogens (tertiary/aromatic N) is 2. The van der Waals surface area contributed by atoms with Crippen LogP contribution in [0, 0.1) is 0 Å². The molecule has 1 aliphatic heterocycles. The summed E-state index contributed by atoms with van der Waals surface area (Å²) in [5, 5.41) is 0. The summed E-state index contributed by atoms with van der Waals surface area (Å²) in [6.07, 6.45) is 1.21. The van der Waals surface area contributed by atoms with E-state index in [-0.39, 0.29) is 0 Å². The molecule has 1 aliphatic rings. The molecular weight excluding hydrogens is 179 g/mol. The van der Waals surface area contributed by atoms with Crippen molar-refractivity contribution < 1.29 is 0 Å². The average Bonchev–Trinajstić information content (AvgIpc) is 2.23. The summed E-state index contributed by atoms with van der Waals surface area (Å²) in [6, 6.07) is 0. The van der Waals surface area contributed by atoms with Gasteiger partial charge in [-0.15, -0.1) is 9.24 Å². The predicted octanol–water partition coefficient (Wildman–Crippen LogP) is 1.53. The van der Waals surface area contributed by atoms with Gasteiger partial charge < -0.3 is 9.80 Å². The van der Waals surface area contributed by atoms with Gasteiger partial charge in [-0.25, -0.2) is 0 Å². The number of rotatable bonds is 3. The Kier molecular flexibility index (Phi) is 9.17. The minimum absolute atomic E-state index is 1.21. The van der Waals surface area contributed by atoms with E-state index in [1.807, 2.05) is 13.8 Å². The van der Waals surface area contributed by atoms with Crippen LogP contribution in [0.15, 0.2) is 0 Å². The monoisotopic (exact) mass is 204 g/mol. The van der Waals surface area contributed by atoms with E-state index < -0.39 is 0 Å². The number of piperazine rings is 1. The number of hydrogen-bond acceptors (Lipinski definition) is 2. The predicted molar refractivity (Wildman–Crippen MR) is 64.5 cm³/mol. The normalized spacial score (nSPS) is 19.4. The van der Waals surface area contributed by atoms with E-state index in [1.165, 1.54) is 45.4 Å². The minimum Gasteiger partial charge on any atom is -0.301 e. The van der Waals surface area contributed by atoms with E-state index in [9.17, 15) is 0 Å². The minimum atomic E-state index is 1.21. The van der Waals surface area contributed by atoms with Crippen molar-refractivity contribution in [2.75, 3.05) is 45.4 Å². The van der Waals surface area contributed by atoms with E-state index in [0.717, 1.165) is 0 Å². The van der Waals surface area contributed by atoms with Gasteiger partial charge in [-0.3, -0.25) is 0 Å². The Labute approximate surface area is 85.9 Å². The van der Waals surface area contributed by atoms with Crippen LogP contribution in [0.25, 0.3) is 0 Å². The van der Waals surface area contributed by atoms with Gasteiger partial charge in [-0.05, 0) is 12.7 Å². The first-order chi connectivity index (χ1) is 6.36. The molecule has 80 valence electrons. The average molecular weight is 204 g/mol. The van der Waals surface area contributed by atoms with Crippen LogP contribution in [0.5, 0.6) is 0 Å². The van der Waals surface area contributed by atoms with Gasteiger partial charge in [0.1, 0.15) is 0 Å². The van der Waals surface area contributed by atoms with Crippen molar-refractivity contribution in [1.82, 2.24) is 9.80 Å². The first-order valence-electron chi connectivity index (χ1n) is 5.51. The Morgan fingerprint density at radius 3 is 1.85 bits per heavy atom. The van der Waals surface area contributed by atoms with Crippen LogP contribution in [0.1, 0.15) is 20.8 Å². The first kappa shape index (κ1) is 13.4. The fraction of sp³-hybridized carbons (Fsp3) is 1.00. The Hall–Kier alpha value is 0.350. The number of likely N-dealkylation sites (N-methyl/N-ethyl adjacent to an activating group) is 1. The third kappa shape index (κ3) is 5.61. The van der Waals surface area contributed by atoms with E-state index in [4.69, 9.17) is 0 Å². The summed E-state index contributed by atoms with van der Waals surface area (Å²) in [4.78, 5) is 5.05. The smallest absolute Gasteiger partial charge is 0.0110 e. The van der Waals surface area contributed by atoms with Crippen LogP contribution in [0.4, 0.5) is 0 Å². The van der Waals surface area contributed by atoms with Gasteiger partial charge in [0, 0.05) is 32.7 Å². The van der Waals surface area contributed by atoms with Crippen LogP contribution < -0.4 is 0 Å². The lowest BCUT2D eigenvalue weighted by atomic mass is 10.3. The largest absolute Gasteiger partial charge is 0.301 e. The van der Waals surface area contributed by atoms with Gasteiger partial charge in [0.05, 0.1) is 0 Å². The third-order valence-electron chi connectivity index (χ3n) is 2.36. The molecule has 0 amide bonds. The SMILES string of the molecule is CC.CCN1CCN(CCP)CC1. The van der Waals surface area contributed by atoms with E-state index in [0.29, 0.717) is 0 Å². The molecule has 2 nitrogen and oxygen atoms in total. The molecule has 0 N–H and O–H groups in total. The van der Waals surface area contributed by atoms with Crippen molar-refractivity contribution in [3.05, 3.63) is 0 Å². The second kappa shape index (κ2) is 8.93. The molecule has 0 saturated carbocycles. The molecule has 0 aromatic rings. The number of hydrogen-bond donors (Lipinski definition) is 0. The molecule has 0 bridgehead atoms. The second-order valence-corrected chi connectivity index (χ2v) is 3.64. The highest BCUT2D eigenvalue weighted by Crippen LogP contribution is 2.00. The highest BCUT2D eigenvalue weighted by atomic mass is 31.0. The summed E-state index contributed by atoms with van der Waals surface area (Å²) in [7, 11) is 2.79. The Morgan fingerprint density at radius 2 is 1.46 bits per heavy atom. The van der Waals surface area contributed by atoms with Crippen LogP contribution >= 0.6 is 9.24 Å². The molecule has 13 heavy (non-hydrogen) atoms. The fourth-order valence-electron chi connectivity index (χ4n) is 1.51. The molecule has 1 rings (SSSR count). The Morgan fingerprint density at radius 1 is 1.00 bits per heavy atom. The molecule has 1 atom stereocenters. The fourth-order valence-corrected chi connectivity index (χ4v) is 1.88. The van der Waals surface area contributed by atoms with Crippen molar-refractivity contribution in [3.63, 3.8) is 0 Å². The lowest BCUT2D eigenvalue weighted by Crippen LogP contribution is -2.46. The standard InChI is InChI=1S/C8H19N2P.C2H6/c1-2-9-3-5-10(6-4-9)7-8-11;1-2/h2-8,11H2,1H3;1-2H3. The van der Waals surface area contributed by atoms with Crippen molar-refractivity contribution >= 4 is 9.24 Å². The lowest BCUT2D eigenvalue weighted by molar-refractivity contribution is 0.143. The third-order valence-corrected chi connectivity index (χ3v) is 2.62. The van der Waals surface area contributed by atoms with Crippen LogP contribution in [0.3, 0.4) is 0 Å². The molecule has 1 unspecified atom stereocenters. The summed E-state index contributed by atoms with van der Waals surface area (Å²) >= 11 is 0. The highest BCUT2D eigenvalue weighted by Gasteiger charge is 2.13. The summed E-state index contributed by atoms with van der Waals surface area (Å²) in [6.45, 7) is 13.8. The maximum absolute atomic E-state index is 2.79. The van der Waals surface area contributed by atoms with Gasteiger partial charge in [-0.1, -0.05) is 20.8 Å². The van der Waals surface area contributed by atoms with Crippen molar-refractivity contribution in [1.29, 1.82) is 0 Å². The maximum Gasteiger partial charge on any atom is 0.0110 e. The van der Waals surface area contributed by atoms with Crippen molar-refractivity contribution in [2.45, 2.75) is 20.8 Å². The van der Waals surface area contributed by atoms with Crippen molar-refractivity contribution in [3.8, 4) is 0 Å². The summed E-state index contributed by atoms with van der Waals surface area (Å²) < 4.78 is 0. The first-order valence-corrected chi connectivity index (χ1v) is 6.33. The van der Waals surface area contributed by atoms with Crippen molar-refractivity contribution in [2.24, 2.45) is 0 Å². The molecule has 1 fully saturated rings. The zero-order chi connectivity index (χ0) is 10.1. The highest BCUT2D eigenvalue weighted by molar-refractivity contribution is 7.16. The molecule has 0 aromatic heterocycles. The van der Waals surface area contributed by atoms with Crippen LogP contribution in [0.2, 0.25) is 0 Å².